The highest BCUT2D eigenvalue weighted by Gasteiger charge is 2.19. The lowest BCUT2D eigenvalue weighted by Gasteiger charge is -2.31. The maximum absolute atomic E-state index is 10.9. The minimum absolute atomic E-state index is 0.0938. The van der Waals surface area contributed by atoms with Crippen LogP contribution < -0.4 is 5.32 Å². The number of nitrogens with zero attached hydrogens (tertiary/aromatic N) is 1. The summed E-state index contributed by atoms with van der Waals surface area (Å²) in [6, 6.07) is 2.57. The maximum atomic E-state index is 10.9. The van der Waals surface area contributed by atoms with E-state index in [2.05, 4.69) is 27.0 Å². The molecule has 3 nitrogen and oxygen atoms in total. The predicted molar refractivity (Wildman–Crippen MR) is 66.4 cm³/mol. The minimum atomic E-state index is 0.0938. The standard InChI is InChI=1S/C12H18N2OS/c1-10(15)13-12-2-5-14(6-3-12)8-11-4-7-16-9-11/h4,7,9,12H,2-3,5-6,8H2,1H3,(H,13,15). The summed E-state index contributed by atoms with van der Waals surface area (Å²) in [6.07, 6.45) is 2.15. The minimum Gasteiger partial charge on any atom is -0.354 e. The average Bonchev–Trinajstić information content (AvgIpc) is 2.73. The molecule has 1 fully saturated rings. The molecular formula is C12H18N2OS. The Morgan fingerprint density at radius 1 is 1.56 bits per heavy atom. The Labute approximate surface area is 100 Å². The van der Waals surface area contributed by atoms with E-state index in [4.69, 9.17) is 0 Å². The SMILES string of the molecule is CC(=O)NC1CCN(Cc2ccsc2)CC1. The van der Waals surface area contributed by atoms with E-state index in [1.165, 1.54) is 5.56 Å². The molecule has 1 aromatic rings. The van der Waals surface area contributed by atoms with Gasteiger partial charge in [0.25, 0.3) is 0 Å². The van der Waals surface area contributed by atoms with Gasteiger partial charge in [-0.25, -0.2) is 0 Å². The molecule has 16 heavy (non-hydrogen) atoms. The van der Waals surface area contributed by atoms with E-state index in [9.17, 15) is 4.79 Å². The van der Waals surface area contributed by atoms with Gasteiger partial charge < -0.3 is 5.32 Å². The van der Waals surface area contributed by atoms with Crippen molar-refractivity contribution in [2.24, 2.45) is 0 Å². The number of amides is 1. The molecule has 1 aromatic heterocycles. The largest absolute Gasteiger partial charge is 0.354 e. The summed E-state index contributed by atoms with van der Waals surface area (Å²) in [7, 11) is 0. The first-order valence-corrected chi connectivity index (χ1v) is 6.69. The highest BCUT2D eigenvalue weighted by atomic mass is 32.1. The molecule has 1 saturated heterocycles. The smallest absolute Gasteiger partial charge is 0.217 e. The first-order chi connectivity index (χ1) is 7.74. The number of carbonyl (C=O) groups excluding carboxylic acids is 1. The summed E-state index contributed by atoms with van der Waals surface area (Å²) in [5.74, 6) is 0.0938. The molecule has 0 aromatic carbocycles. The average molecular weight is 238 g/mol. The van der Waals surface area contributed by atoms with Gasteiger partial charge in [0.05, 0.1) is 0 Å². The van der Waals surface area contributed by atoms with Crippen molar-refractivity contribution >= 4 is 17.2 Å². The van der Waals surface area contributed by atoms with Gasteiger partial charge in [0.2, 0.25) is 5.91 Å². The van der Waals surface area contributed by atoms with Crippen LogP contribution in [0.2, 0.25) is 0 Å². The number of rotatable bonds is 3. The molecule has 88 valence electrons. The molecule has 0 radical (unpaired) electrons. The number of hydrogen-bond acceptors (Lipinski definition) is 3. The van der Waals surface area contributed by atoms with Crippen LogP contribution in [0.3, 0.4) is 0 Å². The molecule has 2 heterocycles. The maximum Gasteiger partial charge on any atom is 0.217 e. The van der Waals surface area contributed by atoms with Gasteiger partial charge in [0, 0.05) is 32.6 Å². The predicted octanol–water partition coefficient (Wildman–Crippen LogP) is 1.85. The lowest BCUT2D eigenvalue weighted by molar-refractivity contribution is -0.119. The van der Waals surface area contributed by atoms with E-state index >= 15 is 0 Å². The van der Waals surface area contributed by atoms with Gasteiger partial charge in [0.1, 0.15) is 0 Å². The molecule has 1 N–H and O–H groups in total. The fraction of sp³-hybridized carbons (Fsp3) is 0.583. The molecule has 0 unspecified atom stereocenters. The molecule has 0 aliphatic carbocycles. The molecule has 0 saturated carbocycles. The zero-order valence-electron chi connectivity index (χ0n) is 9.61. The number of piperidine rings is 1. The zero-order valence-corrected chi connectivity index (χ0v) is 10.4. The second kappa shape index (κ2) is 5.46. The van der Waals surface area contributed by atoms with Crippen molar-refractivity contribution in [2.45, 2.75) is 32.4 Å². The third kappa shape index (κ3) is 3.32. The topological polar surface area (TPSA) is 32.3 Å². The van der Waals surface area contributed by atoms with Crippen LogP contribution in [0.15, 0.2) is 16.8 Å². The summed E-state index contributed by atoms with van der Waals surface area (Å²) in [6.45, 7) is 4.82. The Kier molecular flexibility index (Phi) is 3.96. The first kappa shape index (κ1) is 11.6. The first-order valence-electron chi connectivity index (χ1n) is 5.74. The molecule has 1 amide bonds. The molecule has 0 spiro atoms. The zero-order chi connectivity index (χ0) is 11.4. The fourth-order valence-corrected chi connectivity index (χ4v) is 2.82. The third-order valence-corrected chi connectivity index (χ3v) is 3.71. The van der Waals surface area contributed by atoms with E-state index in [0.717, 1.165) is 32.5 Å². The highest BCUT2D eigenvalue weighted by molar-refractivity contribution is 7.07. The van der Waals surface area contributed by atoms with Gasteiger partial charge in [-0.05, 0) is 35.2 Å². The Bertz CT molecular complexity index is 329. The second-order valence-electron chi connectivity index (χ2n) is 4.38. The summed E-state index contributed by atoms with van der Waals surface area (Å²) >= 11 is 1.75. The Morgan fingerprint density at radius 2 is 2.31 bits per heavy atom. The van der Waals surface area contributed by atoms with Crippen molar-refractivity contribution < 1.29 is 4.79 Å². The normalized spacial score (nSPS) is 18.6. The number of carbonyl (C=O) groups is 1. The van der Waals surface area contributed by atoms with Crippen LogP contribution in [0.1, 0.15) is 25.3 Å². The van der Waals surface area contributed by atoms with Crippen molar-refractivity contribution in [3.8, 4) is 0 Å². The molecule has 0 bridgehead atoms. The van der Waals surface area contributed by atoms with Crippen molar-refractivity contribution in [3.63, 3.8) is 0 Å². The van der Waals surface area contributed by atoms with Crippen LogP contribution in [-0.2, 0) is 11.3 Å². The van der Waals surface area contributed by atoms with Crippen LogP contribution in [0.4, 0.5) is 0 Å². The van der Waals surface area contributed by atoms with E-state index in [-0.39, 0.29) is 5.91 Å². The van der Waals surface area contributed by atoms with Crippen LogP contribution in [-0.4, -0.2) is 29.9 Å². The van der Waals surface area contributed by atoms with Crippen LogP contribution in [0, 0.1) is 0 Å². The molecule has 4 heteroatoms. The van der Waals surface area contributed by atoms with Gasteiger partial charge in [-0.1, -0.05) is 0 Å². The lowest BCUT2D eigenvalue weighted by Crippen LogP contribution is -2.43. The van der Waals surface area contributed by atoms with Crippen LogP contribution in [0.25, 0.3) is 0 Å². The number of hydrogen-bond donors (Lipinski definition) is 1. The van der Waals surface area contributed by atoms with Gasteiger partial charge in [-0.15, -0.1) is 0 Å². The van der Waals surface area contributed by atoms with E-state index in [1.807, 2.05) is 0 Å². The van der Waals surface area contributed by atoms with Crippen molar-refractivity contribution in [1.29, 1.82) is 0 Å². The van der Waals surface area contributed by atoms with E-state index in [0.29, 0.717) is 6.04 Å². The lowest BCUT2D eigenvalue weighted by atomic mass is 10.0. The Hall–Kier alpha value is -0.870. The molecule has 0 atom stereocenters. The molecule has 1 aliphatic heterocycles. The van der Waals surface area contributed by atoms with E-state index < -0.39 is 0 Å². The number of likely N-dealkylation sites (tertiary alicyclic amines) is 1. The molecule has 1 aliphatic rings. The van der Waals surface area contributed by atoms with Crippen LogP contribution >= 0.6 is 11.3 Å². The fourth-order valence-electron chi connectivity index (χ4n) is 2.16. The van der Waals surface area contributed by atoms with Crippen LogP contribution in [0.5, 0.6) is 0 Å². The Morgan fingerprint density at radius 3 is 2.88 bits per heavy atom. The van der Waals surface area contributed by atoms with Crippen molar-refractivity contribution in [3.05, 3.63) is 22.4 Å². The number of nitrogens with one attached hydrogen (secondary N) is 1. The molecule has 2 rings (SSSR count). The number of thiophene rings is 1. The molecular weight excluding hydrogens is 220 g/mol. The van der Waals surface area contributed by atoms with Gasteiger partial charge in [-0.2, -0.15) is 11.3 Å². The van der Waals surface area contributed by atoms with Crippen molar-refractivity contribution in [2.75, 3.05) is 13.1 Å². The monoisotopic (exact) mass is 238 g/mol. The van der Waals surface area contributed by atoms with Crippen molar-refractivity contribution in [1.82, 2.24) is 10.2 Å². The van der Waals surface area contributed by atoms with Gasteiger partial charge >= 0.3 is 0 Å². The highest BCUT2D eigenvalue weighted by Crippen LogP contribution is 2.15. The van der Waals surface area contributed by atoms with E-state index in [1.54, 1.807) is 18.3 Å². The summed E-state index contributed by atoms with van der Waals surface area (Å²) < 4.78 is 0. The summed E-state index contributed by atoms with van der Waals surface area (Å²) in [5.41, 5.74) is 1.41. The summed E-state index contributed by atoms with van der Waals surface area (Å²) in [4.78, 5) is 13.4. The van der Waals surface area contributed by atoms with Gasteiger partial charge in [0.15, 0.2) is 0 Å². The quantitative estimate of drug-likeness (QED) is 0.871. The Balaban J connectivity index is 1.75. The summed E-state index contributed by atoms with van der Waals surface area (Å²) in [5, 5.41) is 7.33. The third-order valence-electron chi connectivity index (χ3n) is 2.98. The van der Waals surface area contributed by atoms with Gasteiger partial charge in [-0.3, -0.25) is 9.69 Å². The second-order valence-corrected chi connectivity index (χ2v) is 5.16.